The van der Waals surface area contributed by atoms with Crippen LogP contribution < -0.4 is 10.2 Å². The van der Waals surface area contributed by atoms with Gasteiger partial charge in [-0.05, 0) is 76.4 Å². The lowest BCUT2D eigenvalue weighted by atomic mass is 10.1. The van der Waals surface area contributed by atoms with Gasteiger partial charge in [0.15, 0.2) is 11.6 Å². The molecule has 3 aromatic rings. The van der Waals surface area contributed by atoms with E-state index in [4.69, 9.17) is 4.63 Å². The highest BCUT2D eigenvalue weighted by Crippen LogP contribution is 2.29. The molecule has 118 valence electrons. The highest BCUT2D eigenvalue weighted by atomic mass is 127. The number of piperidine rings is 1. The SMILES string of the molecule is Ic1ccc(Nc2nc3nonc3nc2N2CCCCC2)cc1. The third-order valence-corrected chi connectivity index (χ3v) is 4.58. The van der Waals surface area contributed by atoms with E-state index < -0.39 is 0 Å². The molecule has 4 rings (SSSR count). The molecule has 0 spiro atoms. The lowest BCUT2D eigenvalue weighted by molar-refractivity contribution is 0.314. The third-order valence-electron chi connectivity index (χ3n) is 3.86. The minimum Gasteiger partial charge on any atom is -0.353 e. The van der Waals surface area contributed by atoms with Gasteiger partial charge in [0.2, 0.25) is 11.3 Å². The number of halogens is 1. The van der Waals surface area contributed by atoms with Gasteiger partial charge in [-0.3, -0.25) is 0 Å². The average Bonchev–Trinajstić information content (AvgIpc) is 3.04. The second kappa shape index (κ2) is 6.26. The van der Waals surface area contributed by atoms with Crippen LogP contribution in [0.3, 0.4) is 0 Å². The van der Waals surface area contributed by atoms with Crippen LogP contribution in [0.2, 0.25) is 0 Å². The largest absolute Gasteiger partial charge is 0.353 e. The minimum absolute atomic E-state index is 0.416. The molecule has 23 heavy (non-hydrogen) atoms. The molecule has 0 saturated carbocycles. The van der Waals surface area contributed by atoms with Crippen LogP contribution in [-0.2, 0) is 0 Å². The zero-order chi connectivity index (χ0) is 15.6. The molecule has 8 heteroatoms. The molecule has 0 unspecified atom stereocenters. The summed E-state index contributed by atoms with van der Waals surface area (Å²) in [6.45, 7) is 1.96. The summed E-state index contributed by atoms with van der Waals surface area (Å²) in [4.78, 5) is 11.4. The Morgan fingerprint density at radius 1 is 0.957 bits per heavy atom. The molecule has 3 heterocycles. The fraction of sp³-hybridized carbons (Fsp3) is 0.333. The third kappa shape index (κ3) is 3.07. The molecule has 7 nitrogen and oxygen atoms in total. The maximum atomic E-state index is 4.76. The van der Waals surface area contributed by atoms with Gasteiger partial charge in [0.05, 0.1) is 0 Å². The Kier molecular flexibility index (Phi) is 3.98. The van der Waals surface area contributed by atoms with E-state index in [9.17, 15) is 0 Å². The average molecular weight is 422 g/mol. The predicted molar refractivity (Wildman–Crippen MR) is 95.9 cm³/mol. The molecule has 1 fully saturated rings. The zero-order valence-electron chi connectivity index (χ0n) is 12.4. The molecule has 1 N–H and O–H groups in total. The summed E-state index contributed by atoms with van der Waals surface area (Å²) in [6, 6.07) is 8.14. The highest BCUT2D eigenvalue weighted by Gasteiger charge is 2.20. The molecule has 0 amide bonds. The smallest absolute Gasteiger partial charge is 0.245 e. The van der Waals surface area contributed by atoms with Crippen molar-refractivity contribution in [3.63, 3.8) is 0 Å². The zero-order valence-corrected chi connectivity index (χ0v) is 14.5. The lowest BCUT2D eigenvalue weighted by Crippen LogP contribution is -2.31. The molecule has 1 aromatic carbocycles. The minimum atomic E-state index is 0.416. The Morgan fingerprint density at radius 3 is 2.39 bits per heavy atom. The number of nitrogens with zero attached hydrogens (tertiary/aromatic N) is 5. The molecule has 0 aliphatic carbocycles. The molecule has 1 saturated heterocycles. The van der Waals surface area contributed by atoms with Gasteiger partial charge in [-0.2, -0.15) is 0 Å². The lowest BCUT2D eigenvalue weighted by Gasteiger charge is -2.28. The molecule has 0 bridgehead atoms. The highest BCUT2D eigenvalue weighted by molar-refractivity contribution is 14.1. The topological polar surface area (TPSA) is 80.0 Å². The van der Waals surface area contributed by atoms with E-state index in [1.165, 1.54) is 22.8 Å². The molecular weight excluding hydrogens is 407 g/mol. The van der Waals surface area contributed by atoms with Crippen molar-refractivity contribution in [1.29, 1.82) is 0 Å². The number of hydrogen-bond donors (Lipinski definition) is 1. The van der Waals surface area contributed by atoms with Gasteiger partial charge in [-0.15, -0.1) is 0 Å². The maximum Gasteiger partial charge on any atom is 0.245 e. The summed E-state index contributed by atoms with van der Waals surface area (Å²) in [7, 11) is 0. The number of aromatic nitrogens is 4. The number of hydrogen-bond acceptors (Lipinski definition) is 7. The number of fused-ring (bicyclic) bond motifs is 1. The first-order valence-corrected chi connectivity index (χ1v) is 8.65. The van der Waals surface area contributed by atoms with Crippen LogP contribution in [0, 0.1) is 3.57 Å². The second-order valence-corrected chi connectivity index (χ2v) is 6.73. The summed E-state index contributed by atoms with van der Waals surface area (Å²) >= 11 is 2.29. The summed E-state index contributed by atoms with van der Waals surface area (Å²) in [6.07, 6.45) is 3.59. The van der Waals surface area contributed by atoms with E-state index in [0.717, 1.165) is 24.6 Å². The molecule has 1 aliphatic heterocycles. The Balaban J connectivity index is 1.74. The normalized spacial score (nSPS) is 15.1. The van der Waals surface area contributed by atoms with Crippen molar-refractivity contribution in [3.05, 3.63) is 27.8 Å². The fourth-order valence-electron chi connectivity index (χ4n) is 2.71. The molecule has 2 aromatic heterocycles. The summed E-state index contributed by atoms with van der Waals surface area (Å²) < 4.78 is 5.94. The van der Waals surface area contributed by atoms with Crippen molar-refractivity contribution in [2.24, 2.45) is 0 Å². The molecular formula is C15H15IN6O. The van der Waals surface area contributed by atoms with Crippen LogP contribution in [0.4, 0.5) is 17.3 Å². The van der Waals surface area contributed by atoms with E-state index in [1.807, 2.05) is 24.3 Å². The van der Waals surface area contributed by atoms with Gasteiger partial charge in [0, 0.05) is 22.3 Å². The van der Waals surface area contributed by atoms with Crippen molar-refractivity contribution in [2.75, 3.05) is 23.3 Å². The summed E-state index contributed by atoms with van der Waals surface area (Å²) in [5, 5.41) is 11.0. The van der Waals surface area contributed by atoms with Crippen LogP contribution >= 0.6 is 22.6 Å². The van der Waals surface area contributed by atoms with E-state index in [2.05, 4.69) is 53.1 Å². The Morgan fingerprint density at radius 2 is 1.65 bits per heavy atom. The Hall–Kier alpha value is -1.97. The van der Waals surface area contributed by atoms with Crippen molar-refractivity contribution in [3.8, 4) is 0 Å². The first kappa shape index (κ1) is 14.6. The van der Waals surface area contributed by atoms with E-state index in [1.54, 1.807) is 0 Å². The van der Waals surface area contributed by atoms with Gasteiger partial charge in [0.25, 0.3) is 0 Å². The Bertz CT molecular complexity index is 812. The van der Waals surface area contributed by atoms with Crippen LogP contribution in [0.5, 0.6) is 0 Å². The number of nitrogens with one attached hydrogen (secondary N) is 1. The van der Waals surface area contributed by atoms with Crippen LogP contribution in [-0.4, -0.2) is 33.4 Å². The maximum absolute atomic E-state index is 4.76. The van der Waals surface area contributed by atoms with E-state index in [-0.39, 0.29) is 0 Å². The molecule has 0 atom stereocenters. The number of benzene rings is 1. The van der Waals surface area contributed by atoms with Crippen LogP contribution in [0.15, 0.2) is 28.9 Å². The van der Waals surface area contributed by atoms with Crippen molar-refractivity contribution in [2.45, 2.75) is 19.3 Å². The Labute approximate surface area is 146 Å². The van der Waals surface area contributed by atoms with Gasteiger partial charge in [-0.1, -0.05) is 0 Å². The predicted octanol–water partition coefficient (Wildman–Crippen LogP) is 3.35. The van der Waals surface area contributed by atoms with Crippen LogP contribution in [0.1, 0.15) is 19.3 Å². The second-order valence-electron chi connectivity index (χ2n) is 5.49. The van der Waals surface area contributed by atoms with Crippen molar-refractivity contribution >= 4 is 51.2 Å². The number of rotatable bonds is 3. The van der Waals surface area contributed by atoms with E-state index >= 15 is 0 Å². The van der Waals surface area contributed by atoms with Gasteiger partial charge in [0.1, 0.15) is 0 Å². The number of anilines is 3. The summed E-state index contributed by atoms with van der Waals surface area (Å²) in [5.41, 5.74) is 1.83. The molecule has 1 aliphatic rings. The first-order chi connectivity index (χ1) is 11.3. The van der Waals surface area contributed by atoms with Crippen LogP contribution in [0.25, 0.3) is 11.3 Å². The fourth-order valence-corrected chi connectivity index (χ4v) is 3.07. The van der Waals surface area contributed by atoms with E-state index in [0.29, 0.717) is 17.1 Å². The first-order valence-electron chi connectivity index (χ1n) is 7.57. The summed E-state index contributed by atoms with van der Waals surface area (Å²) in [5.74, 6) is 1.50. The standard InChI is InChI=1S/C15H15IN6O/c16-10-4-6-11(7-5-10)17-14-15(22-8-2-1-3-9-22)19-13-12(18-14)20-23-21-13/h4-7H,1-3,8-9H2,(H,17,18,20). The molecule has 0 radical (unpaired) electrons. The van der Waals surface area contributed by atoms with Gasteiger partial charge in [-0.25, -0.2) is 14.6 Å². The quantitative estimate of drug-likeness (QED) is 0.649. The monoisotopic (exact) mass is 422 g/mol. The van der Waals surface area contributed by atoms with Crippen molar-refractivity contribution < 1.29 is 4.63 Å². The van der Waals surface area contributed by atoms with Gasteiger partial charge < -0.3 is 10.2 Å². The van der Waals surface area contributed by atoms with Gasteiger partial charge >= 0.3 is 0 Å². The van der Waals surface area contributed by atoms with Crippen molar-refractivity contribution in [1.82, 2.24) is 20.3 Å².